The summed E-state index contributed by atoms with van der Waals surface area (Å²) < 4.78 is 0. The van der Waals surface area contributed by atoms with E-state index in [4.69, 9.17) is 18.0 Å². The van der Waals surface area contributed by atoms with Crippen LogP contribution in [0.3, 0.4) is 0 Å². The molecular weight excluding hydrogens is 220 g/mol. The summed E-state index contributed by atoms with van der Waals surface area (Å²) in [5.41, 5.74) is 5.69. The van der Waals surface area contributed by atoms with Gasteiger partial charge in [0.05, 0.1) is 10.9 Å². The zero-order valence-electron chi connectivity index (χ0n) is 10.8. The Morgan fingerprint density at radius 1 is 1.44 bits per heavy atom. The first-order valence-electron chi connectivity index (χ1n) is 5.91. The zero-order chi connectivity index (χ0) is 12.8. The summed E-state index contributed by atoms with van der Waals surface area (Å²) in [6, 6.07) is 0. The third-order valence-electron chi connectivity index (χ3n) is 2.94. The predicted octanol–water partition coefficient (Wildman–Crippen LogP) is 2.24. The molecule has 0 aromatic heterocycles. The monoisotopic (exact) mass is 244 g/mol. The van der Waals surface area contributed by atoms with Crippen LogP contribution in [0, 0.1) is 11.3 Å². The van der Waals surface area contributed by atoms with Gasteiger partial charge in [0, 0.05) is 6.54 Å². The molecule has 16 heavy (non-hydrogen) atoms. The molecule has 1 unspecified atom stereocenters. The maximum atomic E-state index is 11.9. The first-order chi connectivity index (χ1) is 7.34. The number of hydrogen-bond acceptors (Lipinski definition) is 2. The van der Waals surface area contributed by atoms with Crippen molar-refractivity contribution in [3.63, 3.8) is 0 Å². The van der Waals surface area contributed by atoms with Crippen molar-refractivity contribution < 1.29 is 4.79 Å². The average molecular weight is 244 g/mol. The van der Waals surface area contributed by atoms with Gasteiger partial charge < -0.3 is 11.1 Å². The van der Waals surface area contributed by atoms with Gasteiger partial charge in [0.25, 0.3) is 0 Å². The second-order valence-corrected chi connectivity index (χ2v) is 5.45. The van der Waals surface area contributed by atoms with Crippen LogP contribution < -0.4 is 11.1 Å². The highest BCUT2D eigenvalue weighted by Gasteiger charge is 2.22. The summed E-state index contributed by atoms with van der Waals surface area (Å²) in [6.07, 6.45) is 2.67. The Labute approximate surface area is 104 Å². The molecule has 0 aliphatic heterocycles. The number of amides is 1. The Morgan fingerprint density at radius 3 is 2.38 bits per heavy atom. The molecular formula is C12H24N2OS. The van der Waals surface area contributed by atoms with E-state index in [0.29, 0.717) is 11.5 Å². The summed E-state index contributed by atoms with van der Waals surface area (Å²) in [6.45, 7) is 9.06. The lowest BCUT2D eigenvalue weighted by atomic mass is 9.90. The van der Waals surface area contributed by atoms with Gasteiger partial charge >= 0.3 is 0 Å². The van der Waals surface area contributed by atoms with Crippen LogP contribution in [0.25, 0.3) is 0 Å². The third-order valence-corrected chi connectivity index (χ3v) is 3.22. The van der Waals surface area contributed by atoms with Crippen LogP contribution in [0.5, 0.6) is 0 Å². The maximum Gasteiger partial charge on any atom is 0.229 e. The van der Waals surface area contributed by atoms with E-state index in [9.17, 15) is 4.79 Å². The molecule has 0 aliphatic rings. The quantitative estimate of drug-likeness (QED) is 0.675. The Hall–Kier alpha value is -0.640. The fourth-order valence-corrected chi connectivity index (χ4v) is 1.49. The summed E-state index contributed by atoms with van der Waals surface area (Å²) >= 11 is 4.91. The lowest BCUT2D eigenvalue weighted by Gasteiger charge is -2.24. The first-order valence-corrected chi connectivity index (χ1v) is 6.32. The Kier molecular flexibility index (Phi) is 6.56. The summed E-state index contributed by atoms with van der Waals surface area (Å²) in [5.74, 6) is -0.344. The fraction of sp³-hybridized carbons (Fsp3) is 0.833. The van der Waals surface area contributed by atoms with Gasteiger partial charge in [0.15, 0.2) is 0 Å². The van der Waals surface area contributed by atoms with Crippen molar-refractivity contribution in [2.75, 3.05) is 6.54 Å². The molecule has 3 nitrogen and oxygen atoms in total. The van der Waals surface area contributed by atoms with Crippen LogP contribution in [0.2, 0.25) is 0 Å². The van der Waals surface area contributed by atoms with Crippen LogP contribution in [0.4, 0.5) is 0 Å². The Balaban J connectivity index is 4.27. The van der Waals surface area contributed by atoms with E-state index < -0.39 is 0 Å². The number of thiocarbonyl (C=S) groups is 1. The molecule has 1 atom stereocenters. The molecule has 0 bridgehead atoms. The van der Waals surface area contributed by atoms with Crippen LogP contribution in [-0.2, 0) is 4.79 Å². The molecule has 0 saturated heterocycles. The number of nitrogens with two attached hydrogens (primary N) is 1. The van der Waals surface area contributed by atoms with Crippen LogP contribution in [-0.4, -0.2) is 17.4 Å². The van der Waals surface area contributed by atoms with Crippen molar-refractivity contribution in [1.82, 2.24) is 5.32 Å². The van der Waals surface area contributed by atoms with Crippen molar-refractivity contribution in [3.05, 3.63) is 0 Å². The summed E-state index contributed by atoms with van der Waals surface area (Å²) in [4.78, 5) is 12.2. The Morgan fingerprint density at radius 2 is 2.00 bits per heavy atom. The topological polar surface area (TPSA) is 55.1 Å². The third kappa shape index (κ3) is 5.45. The average Bonchev–Trinajstić information content (AvgIpc) is 2.22. The molecule has 3 N–H and O–H groups in total. The molecule has 0 heterocycles. The maximum absolute atomic E-state index is 11.9. The highest BCUT2D eigenvalue weighted by Crippen LogP contribution is 2.18. The molecule has 0 spiro atoms. The van der Waals surface area contributed by atoms with Crippen molar-refractivity contribution in [2.24, 2.45) is 17.1 Å². The minimum absolute atomic E-state index is 0.0316. The largest absolute Gasteiger partial charge is 0.393 e. The molecule has 4 heteroatoms. The number of carbonyl (C=O) groups is 1. The van der Waals surface area contributed by atoms with Crippen molar-refractivity contribution >= 4 is 23.1 Å². The van der Waals surface area contributed by atoms with E-state index in [-0.39, 0.29) is 17.2 Å². The minimum Gasteiger partial charge on any atom is -0.393 e. The zero-order valence-corrected chi connectivity index (χ0v) is 11.6. The van der Waals surface area contributed by atoms with E-state index in [1.165, 1.54) is 0 Å². The highest BCUT2D eigenvalue weighted by atomic mass is 32.1. The summed E-state index contributed by atoms with van der Waals surface area (Å²) in [5, 5.41) is 2.93. The SMILES string of the molecule is CCCC(C(=O)NCC(C)(C)CC)C(N)=S. The van der Waals surface area contributed by atoms with E-state index in [0.717, 1.165) is 19.3 Å². The minimum atomic E-state index is -0.312. The number of nitrogens with one attached hydrogen (secondary N) is 1. The van der Waals surface area contributed by atoms with Gasteiger partial charge in [-0.2, -0.15) is 0 Å². The fourth-order valence-electron chi connectivity index (χ4n) is 1.27. The molecule has 0 saturated carbocycles. The number of rotatable bonds is 7. The number of hydrogen-bond donors (Lipinski definition) is 2. The van der Waals surface area contributed by atoms with Crippen LogP contribution >= 0.6 is 12.2 Å². The van der Waals surface area contributed by atoms with Gasteiger partial charge in [-0.25, -0.2) is 0 Å². The van der Waals surface area contributed by atoms with Crippen LogP contribution in [0.1, 0.15) is 47.0 Å². The molecule has 0 aromatic rings. The second-order valence-electron chi connectivity index (χ2n) is 4.98. The first kappa shape index (κ1) is 15.4. The molecule has 0 aromatic carbocycles. The van der Waals surface area contributed by atoms with Gasteiger partial charge in [0.2, 0.25) is 5.91 Å². The van der Waals surface area contributed by atoms with Gasteiger partial charge in [-0.15, -0.1) is 0 Å². The molecule has 0 aliphatic carbocycles. The van der Waals surface area contributed by atoms with Crippen LogP contribution in [0.15, 0.2) is 0 Å². The molecule has 1 amide bonds. The smallest absolute Gasteiger partial charge is 0.229 e. The lowest BCUT2D eigenvalue weighted by Crippen LogP contribution is -2.41. The lowest BCUT2D eigenvalue weighted by molar-refractivity contribution is -0.123. The molecule has 0 radical (unpaired) electrons. The van der Waals surface area contributed by atoms with Gasteiger partial charge in [-0.05, 0) is 18.3 Å². The highest BCUT2D eigenvalue weighted by molar-refractivity contribution is 7.80. The van der Waals surface area contributed by atoms with Crippen molar-refractivity contribution in [1.29, 1.82) is 0 Å². The van der Waals surface area contributed by atoms with Crippen molar-refractivity contribution in [2.45, 2.75) is 47.0 Å². The summed E-state index contributed by atoms with van der Waals surface area (Å²) in [7, 11) is 0. The van der Waals surface area contributed by atoms with E-state index >= 15 is 0 Å². The molecule has 94 valence electrons. The predicted molar refractivity (Wildman–Crippen MR) is 72.3 cm³/mol. The standard InChI is InChI=1S/C12H24N2OS/c1-5-7-9(10(13)16)11(15)14-8-12(3,4)6-2/h9H,5-8H2,1-4H3,(H2,13,16)(H,14,15). The van der Waals surface area contributed by atoms with E-state index in [2.05, 4.69) is 26.1 Å². The Bertz CT molecular complexity index is 251. The number of carbonyl (C=O) groups excluding carboxylic acids is 1. The van der Waals surface area contributed by atoms with Gasteiger partial charge in [-0.3, -0.25) is 4.79 Å². The van der Waals surface area contributed by atoms with Crippen molar-refractivity contribution in [3.8, 4) is 0 Å². The van der Waals surface area contributed by atoms with Gasteiger partial charge in [0.1, 0.15) is 0 Å². The second kappa shape index (κ2) is 6.84. The van der Waals surface area contributed by atoms with Gasteiger partial charge in [-0.1, -0.05) is 46.3 Å². The molecule has 0 rings (SSSR count). The normalized spacial score (nSPS) is 13.2. The molecule has 0 fully saturated rings. The van der Waals surface area contributed by atoms with E-state index in [1.807, 2.05) is 6.92 Å². The van der Waals surface area contributed by atoms with E-state index in [1.54, 1.807) is 0 Å².